The minimum atomic E-state index is 0.401. The minimum Gasteiger partial charge on any atom is -0.493 e. The first-order chi connectivity index (χ1) is 9.28. The van der Waals surface area contributed by atoms with Gasteiger partial charge in [0.2, 0.25) is 5.75 Å². The number of methoxy groups -OCH3 is 2. The first-order valence-corrected chi connectivity index (χ1v) is 7.16. The normalized spacial score (nSPS) is 10.3. The maximum Gasteiger partial charge on any atom is 0.203 e. The van der Waals surface area contributed by atoms with Crippen LogP contribution in [0.5, 0.6) is 17.2 Å². The van der Waals surface area contributed by atoms with Crippen molar-refractivity contribution in [3.05, 3.63) is 40.1 Å². The fourth-order valence-corrected chi connectivity index (χ4v) is 2.46. The van der Waals surface area contributed by atoms with Gasteiger partial charge in [-0.25, -0.2) is 0 Å². The average molecular weight is 299 g/mol. The van der Waals surface area contributed by atoms with Gasteiger partial charge in [-0.3, -0.25) is 0 Å². The monoisotopic (exact) mass is 298 g/mol. The van der Waals surface area contributed by atoms with Crippen molar-refractivity contribution >= 4 is 22.9 Å². The summed E-state index contributed by atoms with van der Waals surface area (Å²) in [6.45, 7) is 0.491. The highest BCUT2D eigenvalue weighted by molar-refractivity contribution is 7.09. The van der Waals surface area contributed by atoms with E-state index in [0.29, 0.717) is 29.7 Å². The van der Waals surface area contributed by atoms with Crippen LogP contribution >= 0.6 is 22.9 Å². The van der Waals surface area contributed by atoms with E-state index in [-0.39, 0.29) is 0 Å². The van der Waals surface area contributed by atoms with Crippen LogP contribution in [0.3, 0.4) is 0 Å². The summed E-state index contributed by atoms with van der Waals surface area (Å²) in [5.41, 5.74) is 0.929. The Balaban J connectivity index is 2.26. The van der Waals surface area contributed by atoms with Gasteiger partial charge >= 0.3 is 0 Å². The van der Waals surface area contributed by atoms with Gasteiger partial charge in [-0.15, -0.1) is 22.9 Å². The second-order valence-electron chi connectivity index (χ2n) is 3.83. The molecule has 0 unspecified atom stereocenters. The summed E-state index contributed by atoms with van der Waals surface area (Å²) in [6, 6.07) is 7.74. The summed E-state index contributed by atoms with van der Waals surface area (Å²) >= 11 is 7.49. The summed E-state index contributed by atoms with van der Waals surface area (Å²) in [4.78, 5) is 1.14. The molecule has 19 heavy (non-hydrogen) atoms. The maximum atomic E-state index is 5.85. The molecule has 5 heteroatoms. The molecule has 0 atom stereocenters. The van der Waals surface area contributed by atoms with Crippen molar-refractivity contribution in [2.75, 3.05) is 14.2 Å². The third-order valence-corrected chi connectivity index (χ3v) is 3.77. The van der Waals surface area contributed by atoms with Gasteiger partial charge in [0.1, 0.15) is 6.61 Å². The predicted octanol–water partition coefficient (Wildman–Crippen LogP) is 4.08. The summed E-state index contributed by atoms with van der Waals surface area (Å²) in [6.07, 6.45) is 0. The first kappa shape index (κ1) is 14.0. The summed E-state index contributed by atoms with van der Waals surface area (Å²) in [5, 5.41) is 2.02. The topological polar surface area (TPSA) is 27.7 Å². The van der Waals surface area contributed by atoms with Crippen LogP contribution in [0, 0.1) is 0 Å². The van der Waals surface area contributed by atoms with Gasteiger partial charge in [0.25, 0.3) is 0 Å². The van der Waals surface area contributed by atoms with E-state index in [1.807, 2.05) is 29.6 Å². The summed E-state index contributed by atoms with van der Waals surface area (Å²) in [5.74, 6) is 2.27. The zero-order chi connectivity index (χ0) is 13.7. The molecule has 0 radical (unpaired) electrons. The second-order valence-corrected chi connectivity index (χ2v) is 5.13. The largest absolute Gasteiger partial charge is 0.493 e. The van der Waals surface area contributed by atoms with Gasteiger partial charge in [-0.05, 0) is 29.1 Å². The number of thiophene rings is 1. The molecule has 0 aliphatic heterocycles. The third-order valence-electron chi connectivity index (χ3n) is 2.61. The molecule has 102 valence electrons. The molecule has 0 spiro atoms. The van der Waals surface area contributed by atoms with E-state index in [1.165, 1.54) is 0 Å². The number of hydrogen-bond acceptors (Lipinski definition) is 4. The molecule has 0 bridgehead atoms. The molecule has 0 saturated heterocycles. The Morgan fingerprint density at radius 2 is 1.84 bits per heavy atom. The van der Waals surface area contributed by atoms with Crippen LogP contribution in [0.2, 0.25) is 0 Å². The standard InChI is InChI=1S/C14H15ClO3S/c1-16-12-6-10(8-15)7-13(17-2)14(12)18-9-11-4-3-5-19-11/h3-7H,8-9H2,1-2H3. The number of alkyl halides is 1. The van der Waals surface area contributed by atoms with Gasteiger partial charge < -0.3 is 14.2 Å². The molecule has 0 fully saturated rings. The van der Waals surface area contributed by atoms with Crippen molar-refractivity contribution in [2.45, 2.75) is 12.5 Å². The molecule has 2 aromatic rings. The van der Waals surface area contributed by atoms with E-state index in [9.17, 15) is 0 Å². The Kier molecular flexibility index (Phi) is 4.93. The molecule has 0 amide bonds. The highest BCUT2D eigenvalue weighted by Crippen LogP contribution is 2.39. The van der Waals surface area contributed by atoms with E-state index >= 15 is 0 Å². The van der Waals surface area contributed by atoms with Gasteiger partial charge in [0, 0.05) is 10.8 Å². The Morgan fingerprint density at radius 1 is 1.16 bits per heavy atom. The Labute approximate surface area is 121 Å². The Hall–Kier alpha value is -1.39. The van der Waals surface area contributed by atoms with Crippen LogP contribution in [0.4, 0.5) is 0 Å². The zero-order valence-corrected chi connectivity index (χ0v) is 12.4. The molecule has 0 N–H and O–H groups in total. The smallest absolute Gasteiger partial charge is 0.203 e. The lowest BCUT2D eigenvalue weighted by atomic mass is 10.2. The van der Waals surface area contributed by atoms with Crippen LogP contribution in [-0.2, 0) is 12.5 Å². The zero-order valence-electron chi connectivity index (χ0n) is 10.8. The van der Waals surface area contributed by atoms with Crippen LogP contribution in [0.25, 0.3) is 0 Å². The highest BCUT2D eigenvalue weighted by atomic mass is 35.5. The number of hydrogen-bond donors (Lipinski definition) is 0. The van der Waals surface area contributed by atoms with Crippen molar-refractivity contribution in [3.63, 3.8) is 0 Å². The van der Waals surface area contributed by atoms with E-state index in [1.54, 1.807) is 25.6 Å². The van der Waals surface area contributed by atoms with Crippen molar-refractivity contribution in [2.24, 2.45) is 0 Å². The van der Waals surface area contributed by atoms with Crippen LogP contribution in [-0.4, -0.2) is 14.2 Å². The van der Waals surface area contributed by atoms with Crippen molar-refractivity contribution < 1.29 is 14.2 Å². The SMILES string of the molecule is COc1cc(CCl)cc(OC)c1OCc1cccs1. The van der Waals surface area contributed by atoms with Crippen molar-refractivity contribution in [1.29, 1.82) is 0 Å². The molecular weight excluding hydrogens is 284 g/mol. The molecule has 1 aromatic heterocycles. The fourth-order valence-electron chi connectivity index (χ4n) is 1.69. The lowest BCUT2D eigenvalue weighted by Gasteiger charge is -2.15. The van der Waals surface area contributed by atoms with E-state index in [0.717, 1.165) is 10.4 Å². The fraction of sp³-hybridized carbons (Fsp3) is 0.286. The van der Waals surface area contributed by atoms with E-state index in [2.05, 4.69) is 0 Å². The van der Waals surface area contributed by atoms with Crippen LogP contribution in [0.1, 0.15) is 10.4 Å². The Bertz CT molecular complexity index is 500. The number of rotatable bonds is 6. The number of ether oxygens (including phenoxy) is 3. The maximum absolute atomic E-state index is 5.85. The molecule has 0 aliphatic rings. The average Bonchev–Trinajstić information content (AvgIpc) is 2.97. The van der Waals surface area contributed by atoms with Crippen LogP contribution < -0.4 is 14.2 Å². The summed E-state index contributed by atoms with van der Waals surface area (Å²) < 4.78 is 16.5. The predicted molar refractivity (Wildman–Crippen MR) is 77.8 cm³/mol. The van der Waals surface area contributed by atoms with Crippen molar-refractivity contribution in [3.8, 4) is 17.2 Å². The van der Waals surface area contributed by atoms with Crippen LogP contribution in [0.15, 0.2) is 29.6 Å². The van der Waals surface area contributed by atoms with Gasteiger partial charge in [0.05, 0.1) is 14.2 Å². The summed E-state index contributed by atoms with van der Waals surface area (Å²) in [7, 11) is 3.20. The van der Waals surface area contributed by atoms with Crippen molar-refractivity contribution in [1.82, 2.24) is 0 Å². The first-order valence-electron chi connectivity index (χ1n) is 5.74. The molecule has 1 aromatic carbocycles. The molecule has 1 heterocycles. The molecule has 0 aliphatic carbocycles. The highest BCUT2D eigenvalue weighted by Gasteiger charge is 2.14. The minimum absolute atomic E-state index is 0.401. The van der Waals surface area contributed by atoms with E-state index in [4.69, 9.17) is 25.8 Å². The van der Waals surface area contributed by atoms with Gasteiger partial charge in [-0.2, -0.15) is 0 Å². The van der Waals surface area contributed by atoms with Gasteiger partial charge in [-0.1, -0.05) is 6.07 Å². The van der Waals surface area contributed by atoms with Gasteiger partial charge in [0.15, 0.2) is 11.5 Å². The lowest BCUT2D eigenvalue weighted by Crippen LogP contribution is -2.00. The Morgan fingerprint density at radius 3 is 2.32 bits per heavy atom. The third kappa shape index (κ3) is 3.33. The molecule has 2 rings (SSSR count). The molecular formula is C14H15ClO3S. The second kappa shape index (κ2) is 6.68. The number of benzene rings is 1. The molecule has 0 saturated carbocycles. The molecule has 3 nitrogen and oxygen atoms in total. The quantitative estimate of drug-likeness (QED) is 0.752. The van der Waals surface area contributed by atoms with E-state index < -0.39 is 0 Å². The lowest BCUT2D eigenvalue weighted by molar-refractivity contribution is 0.268. The number of halogens is 1.